The molecule has 0 aromatic rings. The average molecular weight is 304 g/mol. The van der Waals surface area contributed by atoms with Crippen LogP contribution in [0, 0.1) is 5.92 Å². The molecule has 0 aromatic heterocycles. The Morgan fingerprint density at radius 1 is 1.25 bits per heavy atom. The van der Waals surface area contributed by atoms with Crippen molar-refractivity contribution in [3.05, 3.63) is 0 Å². The quantitative estimate of drug-likeness (QED) is 0.795. The largest absolute Gasteiger partial charge is 0.373 e. The molecular weight excluding hydrogens is 280 g/mol. The van der Waals surface area contributed by atoms with Gasteiger partial charge in [0.15, 0.2) is 0 Å². The van der Waals surface area contributed by atoms with E-state index in [0.717, 1.165) is 19.3 Å². The highest BCUT2D eigenvalue weighted by molar-refractivity contribution is 7.89. The highest BCUT2D eigenvalue weighted by Crippen LogP contribution is 2.26. The predicted octanol–water partition coefficient (Wildman–Crippen LogP) is 0.342. The lowest BCUT2D eigenvalue weighted by molar-refractivity contribution is -0.127. The molecule has 116 valence electrons. The van der Waals surface area contributed by atoms with Crippen LogP contribution in [0.4, 0.5) is 0 Å². The van der Waals surface area contributed by atoms with Gasteiger partial charge in [0, 0.05) is 25.6 Å². The van der Waals surface area contributed by atoms with Crippen LogP contribution in [0.1, 0.15) is 33.1 Å². The lowest BCUT2D eigenvalue weighted by Crippen LogP contribution is -2.50. The molecule has 0 radical (unpaired) electrons. The molecule has 6 nitrogen and oxygen atoms in total. The van der Waals surface area contributed by atoms with Gasteiger partial charge in [0.25, 0.3) is 0 Å². The van der Waals surface area contributed by atoms with Crippen molar-refractivity contribution in [3.8, 4) is 0 Å². The number of amides is 1. The smallest absolute Gasteiger partial charge is 0.223 e. The molecule has 0 aromatic carbocycles. The molecule has 2 rings (SSSR count). The van der Waals surface area contributed by atoms with Gasteiger partial charge in [-0.25, -0.2) is 8.42 Å². The number of hydrogen-bond acceptors (Lipinski definition) is 4. The first-order valence-electron chi connectivity index (χ1n) is 7.29. The number of nitrogens with zero attached hydrogens (tertiary/aromatic N) is 1. The van der Waals surface area contributed by atoms with Crippen molar-refractivity contribution >= 4 is 15.9 Å². The summed E-state index contributed by atoms with van der Waals surface area (Å²) in [6.07, 6.45) is 2.78. The van der Waals surface area contributed by atoms with Crippen LogP contribution in [0.2, 0.25) is 0 Å². The lowest BCUT2D eigenvalue weighted by atomic mass is 9.85. The number of nitrogens with one attached hydrogen (secondary N) is 1. The summed E-state index contributed by atoms with van der Waals surface area (Å²) in [7, 11) is -3.32. The fourth-order valence-corrected chi connectivity index (χ4v) is 4.10. The third kappa shape index (κ3) is 3.93. The fraction of sp³-hybridized carbons (Fsp3) is 0.923. The maximum absolute atomic E-state index is 12.2. The molecule has 0 bridgehead atoms. The number of hydrogen-bond donors (Lipinski definition) is 1. The van der Waals surface area contributed by atoms with Crippen molar-refractivity contribution in [3.63, 3.8) is 0 Å². The number of sulfonamides is 1. The van der Waals surface area contributed by atoms with E-state index in [2.05, 4.69) is 5.32 Å². The second-order valence-corrected chi connectivity index (χ2v) is 7.90. The van der Waals surface area contributed by atoms with E-state index in [0.29, 0.717) is 13.1 Å². The minimum Gasteiger partial charge on any atom is -0.373 e. The topological polar surface area (TPSA) is 75.7 Å². The van der Waals surface area contributed by atoms with Gasteiger partial charge < -0.3 is 10.1 Å². The highest BCUT2D eigenvalue weighted by Gasteiger charge is 2.31. The highest BCUT2D eigenvalue weighted by atomic mass is 32.2. The van der Waals surface area contributed by atoms with Crippen molar-refractivity contribution in [1.29, 1.82) is 0 Å². The third-order valence-corrected chi connectivity index (χ3v) is 5.72. The summed E-state index contributed by atoms with van der Waals surface area (Å²) < 4.78 is 31.5. The van der Waals surface area contributed by atoms with E-state index in [9.17, 15) is 13.2 Å². The SMILES string of the molecule is C[C@@H]1CN(S(=O)(=O)CCNC(=O)C2CCC2)C[C@@H](C)O1. The number of morpholine rings is 1. The second-order valence-electron chi connectivity index (χ2n) is 5.81. The molecule has 20 heavy (non-hydrogen) atoms. The first-order valence-corrected chi connectivity index (χ1v) is 8.90. The summed E-state index contributed by atoms with van der Waals surface area (Å²) in [5.74, 6) is 0.0570. The molecule has 2 aliphatic rings. The van der Waals surface area contributed by atoms with E-state index < -0.39 is 10.0 Å². The molecule has 1 N–H and O–H groups in total. The molecule has 1 heterocycles. The van der Waals surface area contributed by atoms with Gasteiger partial charge >= 0.3 is 0 Å². The Morgan fingerprint density at radius 3 is 2.35 bits per heavy atom. The Bertz CT molecular complexity index is 437. The van der Waals surface area contributed by atoms with E-state index in [-0.39, 0.29) is 36.3 Å². The van der Waals surface area contributed by atoms with E-state index >= 15 is 0 Å². The minimum absolute atomic E-state index is 0.00448. The van der Waals surface area contributed by atoms with E-state index in [4.69, 9.17) is 4.74 Å². The second kappa shape index (κ2) is 6.41. The zero-order chi connectivity index (χ0) is 14.8. The van der Waals surface area contributed by atoms with Crippen LogP contribution in [0.5, 0.6) is 0 Å². The van der Waals surface area contributed by atoms with Crippen LogP contribution >= 0.6 is 0 Å². The molecule has 1 saturated carbocycles. The summed E-state index contributed by atoms with van der Waals surface area (Å²) in [5, 5.41) is 2.73. The molecule has 0 unspecified atom stereocenters. The molecule has 1 saturated heterocycles. The Hall–Kier alpha value is -0.660. The van der Waals surface area contributed by atoms with Crippen molar-refractivity contribution in [1.82, 2.24) is 9.62 Å². The summed E-state index contributed by atoms with van der Waals surface area (Å²) in [4.78, 5) is 11.7. The van der Waals surface area contributed by atoms with Crippen LogP contribution in [0.15, 0.2) is 0 Å². The summed E-state index contributed by atoms with van der Waals surface area (Å²) in [6.45, 7) is 4.72. The zero-order valence-electron chi connectivity index (χ0n) is 12.2. The fourth-order valence-electron chi connectivity index (χ4n) is 2.60. The number of carbonyl (C=O) groups excluding carboxylic acids is 1. The summed E-state index contributed by atoms with van der Waals surface area (Å²) in [5.41, 5.74) is 0. The van der Waals surface area contributed by atoms with E-state index in [1.807, 2.05) is 13.8 Å². The Morgan fingerprint density at radius 2 is 1.85 bits per heavy atom. The van der Waals surface area contributed by atoms with Crippen LogP contribution in [0.25, 0.3) is 0 Å². The molecule has 7 heteroatoms. The average Bonchev–Trinajstić information content (AvgIpc) is 2.24. The Labute approximate surface area is 120 Å². The maximum Gasteiger partial charge on any atom is 0.223 e. The van der Waals surface area contributed by atoms with Crippen LogP contribution < -0.4 is 5.32 Å². The first kappa shape index (κ1) is 15.7. The van der Waals surface area contributed by atoms with Gasteiger partial charge in [-0.15, -0.1) is 0 Å². The maximum atomic E-state index is 12.2. The molecular formula is C13H24N2O4S. The van der Waals surface area contributed by atoms with Crippen LogP contribution in [-0.4, -0.2) is 56.2 Å². The van der Waals surface area contributed by atoms with Gasteiger partial charge in [0.1, 0.15) is 0 Å². The van der Waals surface area contributed by atoms with Crippen molar-refractivity contribution in [2.75, 3.05) is 25.4 Å². The van der Waals surface area contributed by atoms with Gasteiger partial charge in [-0.2, -0.15) is 4.31 Å². The lowest BCUT2D eigenvalue weighted by Gasteiger charge is -2.34. The third-order valence-electron chi connectivity index (χ3n) is 3.91. The van der Waals surface area contributed by atoms with Crippen molar-refractivity contribution < 1.29 is 17.9 Å². The Balaban J connectivity index is 1.79. The molecule has 1 amide bonds. The van der Waals surface area contributed by atoms with E-state index in [1.165, 1.54) is 4.31 Å². The molecule has 2 fully saturated rings. The van der Waals surface area contributed by atoms with Crippen molar-refractivity contribution in [2.24, 2.45) is 5.92 Å². The molecule has 2 atom stereocenters. The van der Waals surface area contributed by atoms with Gasteiger partial charge in [0.05, 0.1) is 18.0 Å². The minimum atomic E-state index is -3.32. The standard InChI is InChI=1S/C13H24N2O4S/c1-10-8-15(9-11(2)19-10)20(17,18)7-6-14-13(16)12-4-3-5-12/h10-12H,3-9H2,1-2H3,(H,14,16)/t10-,11-/m1/s1. The molecule has 1 aliphatic carbocycles. The van der Waals surface area contributed by atoms with Crippen molar-refractivity contribution in [2.45, 2.75) is 45.3 Å². The zero-order valence-corrected chi connectivity index (χ0v) is 13.0. The first-order chi connectivity index (χ1) is 9.38. The van der Waals surface area contributed by atoms with Gasteiger partial charge in [0.2, 0.25) is 15.9 Å². The summed E-state index contributed by atoms with van der Waals surface area (Å²) in [6, 6.07) is 0. The Kier molecular flexibility index (Phi) is 5.04. The van der Waals surface area contributed by atoms with Gasteiger partial charge in [-0.05, 0) is 26.7 Å². The predicted molar refractivity (Wildman–Crippen MR) is 75.7 cm³/mol. The van der Waals surface area contributed by atoms with Gasteiger partial charge in [-0.3, -0.25) is 4.79 Å². The number of carbonyl (C=O) groups is 1. The molecule has 1 aliphatic heterocycles. The van der Waals surface area contributed by atoms with Gasteiger partial charge in [-0.1, -0.05) is 6.42 Å². The number of ether oxygens (including phenoxy) is 1. The summed E-state index contributed by atoms with van der Waals surface area (Å²) >= 11 is 0. The molecule has 0 spiro atoms. The normalized spacial score (nSPS) is 28.9. The van der Waals surface area contributed by atoms with Crippen LogP contribution in [-0.2, 0) is 19.6 Å². The van der Waals surface area contributed by atoms with E-state index in [1.54, 1.807) is 0 Å². The monoisotopic (exact) mass is 304 g/mol. The van der Waals surface area contributed by atoms with Crippen LogP contribution in [0.3, 0.4) is 0 Å². The number of rotatable bonds is 5.